The van der Waals surface area contributed by atoms with Crippen LogP contribution in [0.2, 0.25) is 0 Å². The highest BCUT2D eigenvalue weighted by atomic mass is 32.2. The maximum Gasteiger partial charge on any atom is 0.265 e. The summed E-state index contributed by atoms with van der Waals surface area (Å²) in [5.74, 6) is 1.50. The first-order valence-electron chi connectivity index (χ1n) is 9.74. The zero-order chi connectivity index (χ0) is 22.4. The van der Waals surface area contributed by atoms with E-state index >= 15 is 0 Å². The highest BCUT2D eigenvalue weighted by Crippen LogP contribution is 2.36. The van der Waals surface area contributed by atoms with Crippen molar-refractivity contribution in [2.45, 2.75) is 4.90 Å². The second-order valence-corrected chi connectivity index (χ2v) is 9.28. The van der Waals surface area contributed by atoms with E-state index in [4.69, 9.17) is 9.47 Å². The zero-order valence-electron chi connectivity index (χ0n) is 16.7. The molecule has 0 radical (unpaired) electrons. The lowest BCUT2D eigenvalue weighted by molar-refractivity contribution is 0.174. The fraction of sp³-hybridized carbons (Fsp3) is 0.0476. The van der Waals surface area contributed by atoms with E-state index in [2.05, 4.69) is 28.8 Å². The van der Waals surface area contributed by atoms with Crippen LogP contribution in [0.15, 0.2) is 65.6 Å². The average Bonchev–Trinajstić information content (AvgIpc) is 3.48. The van der Waals surface area contributed by atoms with Gasteiger partial charge in [0.05, 0.1) is 22.8 Å². The molecule has 1 aliphatic heterocycles. The fourth-order valence-corrected chi connectivity index (χ4v) is 5.23. The van der Waals surface area contributed by atoms with Crippen LogP contribution in [0.25, 0.3) is 22.1 Å². The van der Waals surface area contributed by atoms with Crippen molar-refractivity contribution in [1.82, 2.24) is 18.7 Å². The minimum Gasteiger partial charge on any atom is -0.454 e. The minimum absolute atomic E-state index is 0.0118. The number of aromatic nitrogens is 4. The number of rotatable bonds is 5. The van der Waals surface area contributed by atoms with Gasteiger partial charge in [0, 0.05) is 11.8 Å². The summed E-state index contributed by atoms with van der Waals surface area (Å²) in [6.07, 6.45) is 0. The standard InChI is InChI=1S/C21H14N6O4S2/c28-33(29,18-7-3-6-15-19(18)26-32-25-15)27-21-20(23-13-4-1-2-5-14(13)24-21)22-12-8-9-16-17(10-12)31-11-30-16/h1-10H,11H2,(H,22,23)(H,24,27). The molecule has 2 N–H and O–H groups in total. The highest BCUT2D eigenvalue weighted by Gasteiger charge is 2.23. The lowest BCUT2D eigenvalue weighted by atomic mass is 10.2. The van der Waals surface area contributed by atoms with Crippen molar-refractivity contribution in [3.63, 3.8) is 0 Å². The number of anilines is 3. The molecule has 5 aromatic rings. The lowest BCUT2D eigenvalue weighted by Crippen LogP contribution is -2.16. The molecule has 6 rings (SSSR count). The summed E-state index contributed by atoms with van der Waals surface area (Å²) in [6, 6.07) is 17.3. The van der Waals surface area contributed by atoms with E-state index in [9.17, 15) is 8.42 Å². The number of para-hydroxylation sites is 2. The Morgan fingerprint density at radius 1 is 0.818 bits per heavy atom. The molecule has 0 bridgehead atoms. The van der Waals surface area contributed by atoms with E-state index in [1.54, 1.807) is 42.5 Å². The van der Waals surface area contributed by atoms with E-state index in [0.717, 1.165) is 11.7 Å². The van der Waals surface area contributed by atoms with Gasteiger partial charge in [-0.05, 0) is 36.4 Å². The van der Waals surface area contributed by atoms with E-state index in [-0.39, 0.29) is 23.3 Å². The molecule has 3 aromatic carbocycles. The Bertz CT molecular complexity index is 1640. The van der Waals surface area contributed by atoms with Gasteiger partial charge in [0.15, 0.2) is 23.1 Å². The quantitative estimate of drug-likeness (QED) is 0.386. The SMILES string of the molecule is O=S(=O)(Nc1nc2ccccc2nc1Nc1ccc2c(c1)OCO2)c1cccc2nsnc12. The Morgan fingerprint density at radius 2 is 1.58 bits per heavy atom. The molecular weight excluding hydrogens is 464 g/mol. The monoisotopic (exact) mass is 478 g/mol. The topological polar surface area (TPSA) is 128 Å². The zero-order valence-corrected chi connectivity index (χ0v) is 18.4. The smallest absolute Gasteiger partial charge is 0.265 e. The molecule has 2 aromatic heterocycles. The van der Waals surface area contributed by atoms with Crippen molar-refractivity contribution in [1.29, 1.82) is 0 Å². The third kappa shape index (κ3) is 3.54. The maximum absolute atomic E-state index is 13.3. The van der Waals surface area contributed by atoms with Crippen molar-refractivity contribution in [2.75, 3.05) is 16.8 Å². The van der Waals surface area contributed by atoms with Crippen LogP contribution in [-0.4, -0.2) is 33.9 Å². The molecule has 0 atom stereocenters. The fourth-order valence-electron chi connectivity index (χ4n) is 3.45. The van der Waals surface area contributed by atoms with Crippen molar-refractivity contribution < 1.29 is 17.9 Å². The molecular formula is C21H14N6O4S2. The van der Waals surface area contributed by atoms with Crippen molar-refractivity contribution in [3.05, 3.63) is 60.7 Å². The molecule has 0 fully saturated rings. The third-order valence-electron chi connectivity index (χ3n) is 4.98. The van der Waals surface area contributed by atoms with Crippen LogP contribution in [0.3, 0.4) is 0 Å². The van der Waals surface area contributed by atoms with E-state index in [1.807, 2.05) is 12.1 Å². The molecule has 0 amide bonds. The van der Waals surface area contributed by atoms with Crippen LogP contribution in [0.4, 0.5) is 17.3 Å². The van der Waals surface area contributed by atoms with Crippen molar-refractivity contribution in [3.8, 4) is 11.5 Å². The summed E-state index contributed by atoms with van der Waals surface area (Å²) < 4.78 is 48.2. The number of fused-ring (bicyclic) bond motifs is 3. The van der Waals surface area contributed by atoms with Crippen LogP contribution in [0.5, 0.6) is 11.5 Å². The Kier molecular flexibility index (Phi) is 4.48. The van der Waals surface area contributed by atoms with Gasteiger partial charge in [-0.2, -0.15) is 8.75 Å². The summed E-state index contributed by atoms with van der Waals surface area (Å²) in [7, 11) is -4.04. The number of hydrogen-bond donors (Lipinski definition) is 2. The van der Waals surface area contributed by atoms with Gasteiger partial charge in [-0.25, -0.2) is 18.4 Å². The average molecular weight is 479 g/mol. The van der Waals surface area contributed by atoms with Gasteiger partial charge in [-0.3, -0.25) is 4.72 Å². The largest absolute Gasteiger partial charge is 0.454 e. The van der Waals surface area contributed by atoms with Crippen LogP contribution < -0.4 is 19.5 Å². The highest BCUT2D eigenvalue weighted by molar-refractivity contribution is 7.93. The molecule has 0 saturated heterocycles. The van der Waals surface area contributed by atoms with Crippen molar-refractivity contribution >= 4 is 61.1 Å². The molecule has 0 saturated carbocycles. The summed E-state index contributed by atoms with van der Waals surface area (Å²) in [6.45, 7) is 0.149. The van der Waals surface area contributed by atoms with E-state index in [0.29, 0.717) is 39.3 Å². The summed E-state index contributed by atoms with van der Waals surface area (Å²) in [5, 5.41) is 3.14. The Hall–Kier alpha value is -4.03. The Balaban J connectivity index is 1.44. The van der Waals surface area contributed by atoms with Gasteiger partial charge in [0.25, 0.3) is 10.0 Å². The number of benzene rings is 3. The molecule has 0 aliphatic carbocycles. The number of nitrogens with one attached hydrogen (secondary N) is 2. The number of ether oxygens (including phenoxy) is 2. The van der Waals surface area contributed by atoms with E-state index < -0.39 is 10.0 Å². The van der Waals surface area contributed by atoms with Gasteiger partial charge in [-0.1, -0.05) is 18.2 Å². The summed E-state index contributed by atoms with van der Waals surface area (Å²) in [4.78, 5) is 9.13. The van der Waals surface area contributed by atoms with Gasteiger partial charge < -0.3 is 14.8 Å². The molecule has 0 spiro atoms. The number of hydrogen-bond acceptors (Lipinski definition) is 10. The predicted molar refractivity (Wildman–Crippen MR) is 124 cm³/mol. The van der Waals surface area contributed by atoms with Crippen molar-refractivity contribution in [2.24, 2.45) is 0 Å². The maximum atomic E-state index is 13.3. The van der Waals surface area contributed by atoms with Crippen LogP contribution in [0, 0.1) is 0 Å². The molecule has 10 nitrogen and oxygen atoms in total. The first-order valence-corrected chi connectivity index (χ1v) is 12.0. The van der Waals surface area contributed by atoms with Gasteiger partial charge in [0.1, 0.15) is 15.9 Å². The van der Waals surface area contributed by atoms with Gasteiger partial charge in [-0.15, -0.1) is 0 Å². The molecule has 12 heteroatoms. The molecule has 164 valence electrons. The van der Waals surface area contributed by atoms with Gasteiger partial charge >= 0.3 is 0 Å². The Labute approximate surface area is 191 Å². The molecule has 1 aliphatic rings. The lowest BCUT2D eigenvalue weighted by Gasteiger charge is -2.14. The number of sulfonamides is 1. The predicted octanol–water partition coefficient (Wildman–Crippen LogP) is 3.91. The van der Waals surface area contributed by atoms with Crippen LogP contribution in [0.1, 0.15) is 0 Å². The van der Waals surface area contributed by atoms with Crippen LogP contribution >= 0.6 is 11.7 Å². The van der Waals surface area contributed by atoms with Gasteiger partial charge in [0.2, 0.25) is 6.79 Å². The molecule has 0 unspecified atom stereocenters. The Morgan fingerprint density at radius 3 is 2.42 bits per heavy atom. The summed E-state index contributed by atoms with van der Waals surface area (Å²) >= 11 is 0.951. The third-order valence-corrected chi connectivity index (χ3v) is 6.89. The second kappa shape index (κ2) is 7.53. The molecule has 33 heavy (non-hydrogen) atoms. The first-order chi connectivity index (χ1) is 16.1. The van der Waals surface area contributed by atoms with Crippen LogP contribution in [-0.2, 0) is 10.0 Å². The number of nitrogens with zero attached hydrogens (tertiary/aromatic N) is 4. The van der Waals surface area contributed by atoms with E-state index in [1.165, 1.54) is 6.07 Å². The normalized spacial score (nSPS) is 12.8. The first kappa shape index (κ1) is 19.6. The minimum atomic E-state index is -4.04. The second-order valence-electron chi connectivity index (χ2n) is 7.10. The summed E-state index contributed by atoms with van der Waals surface area (Å²) in [5.41, 5.74) is 2.59. The molecule has 3 heterocycles.